The number of aryl methyl sites for hydroxylation is 1. The molecule has 0 saturated heterocycles. The van der Waals surface area contributed by atoms with Gasteiger partial charge in [-0.25, -0.2) is 0 Å². The molecule has 2 rings (SSSR count). The van der Waals surface area contributed by atoms with Gasteiger partial charge in [0, 0.05) is 13.1 Å². The van der Waals surface area contributed by atoms with E-state index in [-0.39, 0.29) is 5.41 Å². The lowest BCUT2D eigenvalue weighted by atomic mass is 10.1. The van der Waals surface area contributed by atoms with Crippen molar-refractivity contribution in [1.82, 2.24) is 4.90 Å². The van der Waals surface area contributed by atoms with Crippen LogP contribution in [-0.2, 0) is 6.54 Å². The lowest BCUT2D eigenvalue weighted by molar-refractivity contribution is 0.286. The van der Waals surface area contributed by atoms with Crippen molar-refractivity contribution in [2.75, 3.05) is 20.2 Å². The molecule has 19 heavy (non-hydrogen) atoms. The number of hydrogen-bond donors (Lipinski definition) is 0. The Balaban J connectivity index is 1.95. The first-order valence-electron chi connectivity index (χ1n) is 6.91. The van der Waals surface area contributed by atoms with Crippen molar-refractivity contribution in [2.45, 2.75) is 33.2 Å². The molecule has 1 fully saturated rings. The molecule has 3 nitrogen and oxygen atoms in total. The van der Waals surface area contributed by atoms with Gasteiger partial charge in [-0.15, -0.1) is 0 Å². The molecule has 0 amide bonds. The third-order valence-corrected chi connectivity index (χ3v) is 3.65. The van der Waals surface area contributed by atoms with Crippen LogP contribution in [-0.4, -0.2) is 25.1 Å². The van der Waals surface area contributed by atoms with Gasteiger partial charge in [-0.3, -0.25) is 0 Å². The first-order valence-corrected chi connectivity index (χ1v) is 6.91. The molecule has 1 aliphatic carbocycles. The lowest BCUT2D eigenvalue weighted by Crippen LogP contribution is -2.25. The predicted octanol–water partition coefficient (Wildman–Crippen LogP) is 3.13. The van der Waals surface area contributed by atoms with E-state index < -0.39 is 0 Å². The van der Waals surface area contributed by atoms with Crippen LogP contribution in [0.25, 0.3) is 0 Å². The van der Waals surface area contributed by atoms with Crippen molar-refractivity contribution in [2.24, 2.45) is 5.41 Å². The number of rotatable bonds is 6. The first-order chi connectivity index (χ1) is 9.08. The second-order valence-corrected chi connectivity index (χ2v) is 5.60. The maximum absolute atomic E-state index is 9.12. The number of ether oxygens (including phenoxy) is 1. The van der Waals surface area contributed by atoms with Crippen LogP contribution in [0.1, 0.15) is 30.9 Å². The van der Waals surface area contributed by atoms with Crippen LogP contribution in [0, 0.1) is 23.7 Å². The van der Waals surface area contributed by atoms with Crippen molar-refractivity contribution < 1.29 is 4.74 Å². The lowest BCUT2D eigenvalue weighted by Gasteiger charge is -2.20. The topological polar surface area (TPSA) is 36.3 Å². The molecule has 0 N–H and O–H groups in total. The van der Waals surface area contributed by atoms with Crippen LogP contribution in [0.5, 0.6) is 5.75 Å². The number of nitriles is 1. The summed E-state index contributed by atoms with van der Waals surface area (Å²) in [5.41, 5.74) is 2.39. The Kier molecular flexibility index (Phi) is 4.11. The monoisotopic (exact) mass is 258 g/mol. The Bertz CT molecular complexity index is 486. The third-order valence-electron chi connectivity index (χ3n) is 3.65. The fraction of sp³-hybridized carbons (Fsp3) is 0.562. The van der Waals surface area contributed by atoms with Gasteiger partial charge in [0.05, 0.1) is 18.1 Å². The smallest absolute Gasteiger partial charge is 0.122 e. The summed E-state index contributed by atoms with van der Waals surface area (Å²) in [6.07, 6.45) is 2.10. The second-order valence-electron chi connectivity index (χ2n) is 5.60. The van der Waals surface area contributed by atoms with E-state index in [1.165, 1.54) is 11.1 Å². The molecule has 0 heterocycles. The highest BCUT2D eigenvalue weighted by Crippen LogP contribution is 2.45. The van der Waals surface area contributed by atoms with E-state index in [2.05, 4.69) is 37.1 Å². The van der Waals surface area contributed by atoms with Gasteiger partial charge in [-0.05, 0) is 50.9 Å². The maximum Gasteiger partial charge on any atom is 0.122 e. The third kappa shape index (κ3) is 3.48. The van der Waals surface area contributed by atoms with Gasteiger partial charge in [-0.2, -0.15) is 5.26 Å². The molecule has 0 atom stereocenters. The van der Waals surface area contributed by atoms with Gasteiger partial charge in [0.15, 0.2) is 0 Å². The van der Waals surface area contributed by atoms with E-state index in [1.807, 2.05) is 13.0 Å². The summed E-state index contributed by atoms with van der Waals surface area (Å²) in [6.45, 7) is 6.53. The summed E-state index contributed by atoms with van der Waals surface area (Å²) < 4.78 is 5.55. The van der Waals surface area contributed by atoms with Crippen LogP contribution in [0.15, 0.2) is 18.2 Å². The average Bonchev–Trinajstić information content (AvgIpc) is 3.13. The molecular weight excluding hydrogens is 236 g/mol. The van der Waals surface area contributed by atoms with Gasteiger partial charge in [0.25, 0.3) is 0 Å². The first kappa shape index (κ1) is 13.9. The molecule has 0 bridgehead atoms. The van der Waals surface area contributed by atoms with Crippen LogP contribution in [0.3, 0.4) is 0 Å². The Labute approximate surface area is 115 Å². The highest BCUT2D eigenvalue weighted by Gasteiger charge is 2.43. The van der Waals surface area contributed by atoms with Crippen molar-refractivity contribution in [3.05, 3.63) is 29.3 Å². The van der Waals surface area contributed by atoms with Gasteiger partial charge >= 0.3 is 0 Å². The molecular formula is C16H22N2O. The van der Waals surface area contributed by atoms with Gasteiger partial charge in [-0.1, -0.05) is 12.1 Å². The second kappa shape index (κ2) is 5.63. The Morgan fingerprint density at radius 3 is 2.68 bits per heavy atom. The summed E-state index contributed by atoms with van der Waals surface area (Å²) in [5.74, 6) is 0.963. The van der Waals surface area contributed by atoms with E-state index in [0.717, 1.165) is 31.7 Å². The van der Waals surface area contributed by atoms with Gasteiger partial charge in [0.1, 0.15) is 5.75 Å². The molecule has 1 saturated carbocycles. The van der Waals surface area contributed by atoms with Gasteiger partial charge in [0.2, 0.25) is 0 Å². The maximum atomic E-state index is 9.12. The zero-order valence-electron chi connectivity index (χ0n) is 12.1. The van der Waals surface area contributed by atoms with E-state index in [0.29, 0.717) is 6.61 Å². The molecule has 0 radical (unpaired) electrons. The van der Waals surface area contributed by atoms with E-state index in [9.17, 15) is 0 Å². The molecule has 1 aliphatic rings. The predicted molar refractivity (Wildman–Crippen MR) is 76.0 cm³/mol. The molecule has 1 aromatic rings. The van der Waals surface area contributed by atoms with Crippen molar-refractivity contribution in [1.29, 1.82) is 5.26 Å². The van der Waals surface area contributed by atoms with Crippen LogP contribution in [0.4, 0.5) is 0 Å². The SMILES string of the molecule is CCOc1ccc(CN(C)CC2(C#N)CC2)cc1C. The fourth-order valence-corrected chi connectivity index (χ4v) is 2.47. The summed E-state index contributed by atoms with van der Waals surface area (Å²) in [5, 5.41) is 9.12. The van der Waals surface area contributed by atoms with E-state index in [1.54, 1.807) is 0 Å². The van der Waals surface area contributed by atoms with Crippen LogP contribution >= 0.6 is 0 Å². The zero-order chi connectivity index (χ0) is 13.9. The average molecular weight is 258 g/mol. The van der Waals surface area contributed by atoms with Crippen molar-refractivity contribution in [3.8, 4) is 11.8 Å². The number of benzene rings is 1. The molecule has 102 valence electrons. The number of nitrogens with zero attached hydrogens (tertiary/aromatic N) is 2. The van der Waals surface area contributed by atoms with E-state index >= 15 is 0 Å². The van der Waals surface area contributed by atoms with Crippen LogP contribution in [0.2, 0.25) is 0 Å². The molecule has 3 heteroatoms. The van der Waals surface area contributed by atoms with E-state index in [4.69, 9.17) is 10.00 Å². The fourth-order valence-electron chi connectivity index (χ4n) is 2.47. The molecule has 0 aromatic heterocycles. The quantitative estimate of drug-likeness (QED) is 0.786. The molecule has 0 aliphatic heterocycles. The normalized spacial score (nSPS) is 16.2. The minimum Gasteiger partial charge on any atom is -0.494 e. The minimum absolute atomic E-state index is 0.0605. The van der Waals surface area contributed by atoms with Crippen LogP contribution < -0.4 is 4.74 Å². The Morgan fingerprint density at radius 2 is 2.16 bits per heavy atom. The zero-order valence-corrected chi connectivity index (χ0v) is 12.1. The summed E-state index contributed by atoms with van der Waals surface area (Å²) in [7, 11) is 2.09. The highest BCUT2D eigenvalue weighted by atomic mass is 16.5. The molecule has 0 unspecified atom stereocenters. The number of hydrogen-bond acceptors (Lipinski definition) is 3. The largest absolute Gasteiger partial charge is 0.494 e. The standard InChI is InChI=1S/C16H22N2O/c1-4-19-15-6-5-14(9-13(15)2)10-18(3)12-16(11-17)7-8-16/h5-6,9H,4,7-8,10,12H2,1-3H3. The minimum atomic E-state index is -0.0605. The van der Waals surface area contributed by atoms with Crippen molar-refractivity contribution in [3.63, 3.8) is 0 Å². The molecule has 0 spiro atoms. The Morgan fingerprint density at radius 1 is 1.42 bits per heavy atom. The molecule has 1 aromatic carbocycles. The summed E-state index contributed by atoms with van der Waals surface area (Å²) in [4.78, 5) is 2.24. The summed E-state index contributed by atoms with van der Waals surface area (Å²) in [6, 6.07) is 8.77. The van der Waals surface area contributed by atoms with Crippen molar-refractivity contribution >= 4 is 0 Å². The Hall–Kier alpha value is -1.53. The van der Waals surface area contributed by atoms with Gasteiger partial charge < -0.3 is 9.64 Å². The summed E-state index contributed by atoms with van der Waals surface area (Å²) >= 11 is 0. The highest BCUT2D eigenvalue weighted by molar-refractivity contribution is 5.36.